The number of nitrogens with one attached hydrogen (secondary N) is 1. The molecule has 1 N–H and O–H groups in total. The topological polar surface area (TPSA) is 115 Å². The van der Waals surface area contributed by atoms with Crippen molar-refractivity contribution < 1.29 is 14.3 Å². The van der Waals surface area contributed by atoms with Crippen LogP contribution in [0.1, 0.15) is 73.3 Å². The van der Waals surface area contributed by atoms with E-state index >= 15 is 0 Å². The van der Waals surface area contributed by atoms with E-state index in [0.29, 0.717) is 22.9 Å². The van der Waals surface area contributed by atoms with Crippen LogP contribution < -0.4 is 4.80 Å². The van der Waals surface area contributed by atoms with Crippen LogP contribution in [0.4, 0.5) is 0 Å². The van der Waals surface area contributed by atoms with E-state index in [4.69, 9.17) is 4.74 Å². The first-order valence-corrected chi connectivity index (χ1v) is 14.8. The van der Waals surface area contributed by atoms with Crippen molar-refractivity contribution in [3.63, 3.8) is 0 Å². The average molecular weight is 559 g/mol. The minimum absolute atomic E-state index is 0.00755. The van der Waals surface area contributed by atoms with Crippen molar-refractivity contribution in [2.24, 2.45) is 10.9 Å². The van der Waals surface area contributed by atoms with E-state index in [-0.39, 0.29) is 24.4 Å². The minimum atomic E-state index is -0.366. The van der Waals surface area contributed by atoms with Crippen molar-refractivity contribution in [3.8, 4) is 22.5 Å². The minimum Gasteiger partial charge on any atom is -0.461 e. The van der Waals surface area contributed by atoms with Gasteiger partial charge in [-0.15, -0.1) is 21.5 Å². The fourth-order valence-corrected chi connectivity index (χ4v) is 5.85. The molecule has 2 aromatic carbocycles. The van der Waals surface area contributed by atoms with Gasteiger partial charge < -0.3 is 9.30 Å². The molecule has 40 heavy (non-hydrogen) atoms. The number of hydrogen-bond donors (Lipinski definition) is 1. The van der Waals surface area contributed by atoms with E-state index in [1.54, 1.807) is 0 Å². The Balaban J connectivity index is 1.49. The van der Waals surface area contributed by atoms with Crippen molar-refractivity contribution >= 4 is 23.2 Å². The first kappa shape index (κ1) is 27.6. The second-order valence-corrected chi connectivity index (χ2v) is 11.0. The third kappa shape index (κ3) is 6.44. The molecule has 5 rings (SSSR count). The molecule has 2 aromatic heterocycles. The number of hydrogen-bond acceptors (Lipinski definition) is 7. The Kier molecular flexibility index (Phi) is 8.95. The number of thiazole rings is 1. The summed E-state index contributed by atoms with van der Waals surface area (Å²) in [7, 11) is 0. The van der Waals surface area contributed by atoms with Gasteiger partial charge in [0.1, 0.15) is 5.69 Å². The van der Waals surface area contributed by atoms with Gasteiger partial charge in [-0.3, -0.25) is 4.79 Å². The van der Waals surface area contributed by atoms with Gasteiger partial charge in [0.15, 0.2) is 4.80 Å². The zero-order chi connectivity index (χ0) is 27.9. The summed E-state index contributed by atoms with van der Waals surface area (Å²) in [5.41, 5.74) is 4.38. The molecule has 0 unspecified atom stereocenters. The van der Waals surface area contributed by atoms with E-state index in [9.17, 15) is 9.59 Å². The molecule has 4 aromatic rings. The third-order valence-electron chi connectivity index (χ3n) is 6.96. The first-order chi connectivity index (χ1) is 19.6. The molecule has 0 radical (unpaired) electrons. The molecular weight excluding hydrogens is 524 g/mol. The molecular formula is C30H34N6O3S. The molecule has 0 spiro atoms. The molecule has 1 aliphatic rings. The number of benzene rings is 2. The van der Waals surface area contributed by atoms with Crippen molar-refractivity contribution in [2.45, 2.75) is 65.3 Å². The highest BCUT2D eigenvalue weighted by atomic mass is 32.1. The molecule has 0 atom stereocenters. The third-order valence-corrected chi connectivity index (χ3v) is 8.10. The molecule has 1 aliphatic carbocycles. The number of rotatable bonds is 12. The Morgan fingerprint density at radius 3 is 2.50 bits per heavy atom. The lowest BCUT2D eigenvalue weighted by atomic mass is 9.98. The summed E-state index contributed by atoms with van der Waals surface area (Å²) in [4.78, 5) is 31.9. The molecule has 10 heteroatoms. The summed E-state index contributed by atoms with van der Waals surface area (Å²) in [6.45, 7) is 4.68. The smallest absolute Gasteiger partial charge is 0.356 e. The fraction of sp³-hybridized carbons (Fsp3) is 0.400. The number of H-pyrrole nitrogens is 1. The van der Waals surface area contributed by atoms with Crippen LogP contribution in [-0.2, 0) is 22.5 Å². The molecule has 0 bridgehead atoms. The Hall–Kier alpha value is -3.92. The van der Waals surface area contributed by atoms with Crippen LogP contribution in [0.15, 0.2) is 53.5 Å². The van der Waals surface area contributed by atoms with Gasteiger partial charge in [-0.25, -0.2) is 4.79 Å². The number of nitrogens with zero attached hydrogens (tertiary/aromatic N) is 5. The van der Waals surface area contributed by atoms with Gasteiger partial charge in [-0.1, -0.05) is 74.7 Å². The summed E-state index contributed by atoms with van der Waals surface area (Å²) >= 11 is 1.44. The van der Waals surface area contributed by atoms with Crippen LogP contribution >= 0.6 is 11.3 Å². The standard InChI is InChI=1S/C30H34N6O3S/c1-3-5-6-7-12-25-26(29(38)39-4-2)36(30(40-25)31-28(37)22-17-18-22)19-20-13-15-21(16-14-20)23-10-8-9-11-24(23)27-32-34-35-33-27/h8-11,13-16,22H,3-7,12,17-19H2,1-2H3,(H,32,33,34,35). The van der Waals surface area contributed by atoms with Crippen LogP contribution in [0.25, 0.3) is 22.5 Å². The summed E-state index contributed by atoms with van der Waals surface area (Å²) in [6.07, 6.45) is 6.89. The molecule has 0 aliphatic heterocycles. The molecule has 0 saturated heterocycles. The predicted octanol–water partition coefficient (Wildman–Crippen LogP) is 5.58. The molecule has 1 amide bonds. The number of esters is 1. The summed E-state index contributed by atoms with van der Waals surface area (Å²) in [6, 6.07) is 16.1. The Labute approximate surface area is 237 Å². The van der Waals surface area contributed by atoms with E-state index in [0.717, 1.165) is 72.1 Å². The lowest BCUT2D eigenvalue weighted by Crippen LogP contribution is -2.24. The molecule has 1 fully saturated rings. The number of aryl methyl sites for hydroxylation is 1. The zero-order valence-electron chi connectivity index (χ0n) is 22.9. The van der Waals surface area contributed by atoms with Crippen LogP contribution in [0.5, 0.6) is 0 Å². The first-order valence-electron chi connectivity index (χ1n) is 14.0. The van der Waals surface area contributed by atoms with Crippen molar-refractivity contribution in [3.05, 3.63) is 69.5 Å². The van der Waals surface area contributed by atoms with Gasteiger partial charge in [0.25, 0.3) is 5.91 Å². The number of ether oxygens (including phenoxy) is 1. The highest BCUT2D eigenvalue weighted by Gasteiger charge is 2.30. The average Bonchev–Trinajstić information content (AvgIpc) is 3.58. The van der Waals surface area contributed by atoms with Gasteiger partial charge in [0, 0.05) is 16.4 Å². The summed E-state index contributed by atoms with van der Waals surface area (Å²) in [5, 5.41) is 14.5. The van der Waals surface area contributed by atoms with Crippen molar-refractivity contribution in [1.29, 1.82) is 0 Å². The number of carbonyl (C=O) groups is 2. The van der Waals surface area contributed by atoms with Crippen LogP contribution in [0, 0.1) is 5.92 Å². The molecule has 9 nitrogen and oxygen atoms in total. The van der Waals surface area contributed by atoms with Gasteiger partial charge in [0.2, 0.25) is 5.82 Å². The number of carbonyl (C=O) groups excluding carboxylic acids is 2. The number of aromatic nitrogens is 5. The van der Waals surface area contributed by atoms with Crippen LogP contribution in [0.2, 0.25) is 0 Å². The van der Waals surface area contributed by atoms with E-state index in [2.05, 4.69) is 32.5 Å². The maximum atomic E-state index is 13.2. The Morgan fingerprint density at radius 2 is 1.82 bits per heavy atom. The SMILES string of the molecule is CCCCCCc1sc(=NC(=O)C2CC2)n(Cc2ccc(-c3ccccc3-c3nn[nH]n3)cc2)c1C(=O)OCC. The monoisotopic (exact) mass is 558 g/mol. The molecule has 2 heterocycles. The summed E-state index contributed by atoms with van der Waals surface area (Å²) in [5.74, 6) is 0.0744. The van der Waals surface area contributed by atoms with Crippen molar-refractivity contribution in [2.75, 3.05) is 6.61 Å². The van der Waals surface area contributed by atoms with Gasteiger partial charge >= 0.3 is 5.97 Å². The Morgan fingerprint density at radius 1 is 1.05 bits per heavy atom. The molecule has 1 saturated carbocycles. The second-order valence-electron chi connectivity index (χ2n) is 9.98. The van der Waals surface area contributed by atoms with Crippen molar-refractivity contribution in [1.82, 2.24) is 25.2 Å². The maximum absolute atomic E-state index is 13.2. The second kappa shape index (κ2) is 13.0. The lowest BCUT2D eigenvalue weighted by molar-refractivity contribution is -0.119. The largest absolute Gasteiger partial charge is 0.461 e. The van der Waals surface area contributed by atoms with E-state index < -0.39 is 0 Å². The Bertz CT molecular complexity index is 1520. The normalized spacial score (nSPS) is 13.5. The molecule has 208 valence electrons. The fourth-order valence-electron chi connectivity index (χ4n) is 4.69. The summed E-state index contributed by atoms with van der Waals surface area (Å²) < 4.78 is 7.35. The van der Waals surface area contributed by atoms with Gasteiger partial charge in [0.05, 0.1) is 13.2 Å². The van der Waals surface area contributed by atoms with Crippen LogP contribution in [0.3, 0.4) is 0 Å². The zero-order valence-corrected chi connectivity index (χ0v) is 23.7. The number of tetrazole rings is 1. The van der Waals surface area contributed by atoms with Crippen LogP contribution in [-0.4, -0.2) is 43.7 Å². The highest BCUT2D eigenvalue weighted by Crippen LogP contribution is 2.31. The predicted molar refractivity (Wildman–Crippen MR) is 154 cm³/mol. The number of unbranched alkanes of at least 4 members (excludes halogenated alkanes) is 3. The lowest BCUT2D eigenvalue weighted by Gasteiger charge is -2.12. The van der Waals surface area contributed by atoms with Gasteiger partial charge in [-0.2, -0.15) is 10.2 Å². The van der Waals surface area contributed by atoms with E-state index in [1.807, 2.05) is 60.0 Å². The number of amides is 1. The van der Waals surface area contributed by atoms with Gasteiger partial charge in [-0.05, 0) is 54.5 Å². The quantitative estimate of drug-likeness (QED) is 0.179. The maximum Gasteiger partial charge on any atom is 0.356 e. The number of aromatic amines is 1. The van der Waals surface area contributed by atoms with E-state index in [1.165, 1.54) is 11.3 Å². The highest BCUT2D eigenvalue weighted by molar-refractivity contribution is 7.09.